The molecule has 0 aliphatic rings. The van der Waals surface area contributed by atoms with Crippen LogP contribution in [0.4, 0.5) is 0 Å². The van der Waals surface area contributed by atoms with Crippen molar-refractivity contribution in [2.45, 2.75) is 25.2 Å². The lowest BCUT2D eigenvalue weighted by Crippen LogP contribution is -2.20. The molecule has 0 fully saturated rings. The third-order valence-corrected chi connectivity index (χ3v) is 4.61. The summed E-state index contributed by atoms with van der Waals surface area (Å²) < 4.78 is 29.6. The molecule has 23 heavy (non-hydrogen) atoms. The first kappa shape index (κ1) is 17.0. The van der Waals surface area contributed by atoms with E-state index in [0.29, 0.717) is 12.1 Å². The molecule has 0 aliphatic carbocycles. The first-order chi connectivity index (χ1) is 11.0. The van der Waals surface area contributed by atoms with E-state index in [9.17, 15) is 8.42 Å². The minimum absolute atomic E-state index is 0.192. The molecule has 2 aromatic carbocycles. The van der Waals surface area contributed by atoms with Crippen LogP contribution in [-0.4, -0.2) is 21.2 Å². The Morgan fingerprint density at radius 3 is 2.22 bits per heavy atom. The van der Waals surface area contributed by atoms with Gasteiger partial charge in [0.1, 0.15) is 5.75 Å². The minimum Gasteiger partial charge on any atom is -0.497 e. The van der Waals surface area contributed by atoms with Gasteiger partial charge in [-0.3, -0.25) is 0 Å². The molecule has 0 bridgehead atoms. The number of sulfonamides is 1. The monoisotopic (exact) mass is 332 g/mol. The SMILES string of the molecule is CCC(=NNS(=O)(=O)c1ccc(C)cc1)c1ccc(OC)cc1. The number of rotatable bonds is 6. The van der Waals surface area contributed by atoms with E-state index in [2.05, 4.69) is 9.93 Å². The van der Waals surface area contributed by atoms with Crippen molar-refractivity contribution in [1.29, 1.82) is 0 Å². The standard InChI is InChI=1S/C17H20N2O3S/c1-4-17(14-7-9-15(22-3)10-8-14)18-19-23(20,21)16-11-5-13(2)6-12-16/h5-12,19H,4H2,1-3H3. The van der Waals surface area contributed by atoms with Crippen LogP contribution in [-0.2, 0) is 10.0 Å². The molecule has 0 saturated heterocycles. The zero-order valence-electron chi connectivity index (χ0n) is 13.4. The number of nitrogens with one attached hydrogen (secondary N) is 1. The van der Waals surface area contributed by atoms with Crippen LogP contribution in [0.15, 0.2) is 58.5 Å². The highest BCUT2D eigenvalue weighted by molar-refractivity contribution is 7.89. The van der Waals surface area contributed by atoms with Crippen molar-refractivity contribution < 1.29 is 13.2 Å². The summed E-state index contributed by atoms with van der Waals surface area (Å²) in [5.41, 5.74) is 2.50. The van der Waals surface area contributed by atoms with E-state index in [1.807, 2.05) is 38.1 Å². The molecule has 1 N–H and O–H groups in total. The number of methoxy groups -OCH3 is 1. The van der Waals surface area contributed by atoms with Gasteiger partial charge in [-0.1, -0.05) is 24.6 Å². The van der Waals surface area contributed by atoms with Crippen molar-refractivity contribution in [1.82, 2.24) is 4.83 Å². The normalized spacial score (nSPS) is 12.0. The highest BCUT2D eigenvalue weighted by atomic mass is 32.2. The zero-order valence-corrected chi connectivity index (χ0v) is 14.2. The Bertz CT molecular complexity index is 780. The Morgan fingerprint density at radius 2 is 1.70 bits per heavy atom. The van der Waals surface area contributed by atoms with Crippen molar-refractivity contribution >= 4 is 15.7 Å². The molecule has 5 nitrogen and oxygen atoms in total. The van der Waals surface area contributed by atoms with Gasteiger partial charge in [-0.05, 0) is 55.3 Å². The molecule has 0 aromatic heterocycles. The molecule has 2 aromatic rings. The predicted molar refractivity (Wildman–Crippen MR) is 91.3 cm³/mol. The average molecular weight is 332 g/mol. The summed E-state index contributed by atoms with van der Waals surface area (Å²) in [6.45, 7) is 3.82. The van der Waals surface area contributed by atoms with Crippen LogP contribution < -0.4 is 9.57 Å². The fourth-order valence-electron chi connectivity index (χ4n) is 2.02. The third-order valence-electron chi connectivity index (χ3n) is 3.39. The molecule has 2 rings (SSSR count). The van der Waals surface area contributed by atoms with Gasteiger partial charge in [0.25, 0.3) is 10.0 Å². The smallest absolute Gasteiger partial charge is 0.276 e. The van der Waals surface area contributed by atoms with E-state index >= 15 is 0 Å². The largest absolute Gasteiger partial charge is 0.497 e. The van der Waals surface area contributed by atoms with Crippen molar-refractivity contribution in [3.05, 3.63) is 59.7 Å². The molecular weight excluding hydrogens is 312 g/mol. The average Bonchev–Trinajstić information content (AvgIpc) is 2.56. The van der Waals surface area contributed by atoms with Crippen LogP contribution >= 0.6 is 0 Å². The Labute approximate surface area is 137 Å². The van der Waals surface area contributed by atoms with Gasteiger partial charge in [0.15, 0.2) is 0 Å². The molecule has 0 saturated carbocycles. The lowest BCUT2D eigenvalue weighted by atomic mass is 10.1. The fourth-order valence-corrected chi connectivity index (χ4v) is 2.85. The summed E-state index contributed by atoms with van der Waals surface area (Å²) in [5, 5.41) is 4.08. The Hall–Kier alpha value is -2.34. The number of hydrogen-bond acceptors (Lipinski definition) is 4. The quantitative estimate of drug-likeness (QED) is 0.653. The summed E-state index contributed by atoms with van der Waals surface area (Å²) >= 11 is 0. The Morgan fingerprint density at radius 1 is 1.09 bits per heavy atom. The van der Waals surface area contributed by atoms with E-state index in [4.69, 9.17) is 4.74 Å². The molecule has 0 amide bonds. The van der Waals surface area contributed by atoms with Crippen molar-refractivity contribution in [3.8, 4) is 5.75 Å². The summed E-state index contributed by atoms with van der Waals surface area (Å²) in [6, 6.07) is 14.0. The van der Waals surface area contributed by atoms with Crippen LogP contribution in [0.2, 0.25) is 0 Å². The number of ether oxygens (including phenoxy) is 1. The van der Waals surface area contributed by atoms with E-state index in [1.165, 1.54) is 0 Å². The molecule has 0 heterocycles. The van der Waals surface area contributed by atoms with Gasteiger partial charge in [-0.15, -0.1) is 0 Å². The molecule has 0 unspecified atom stereocenters. The highest BCUT2D eigenvalue weighted by Gasteiger charge is 2.13. The maximum absolute atomic E-state index is 12.3. The van der Waals surface area contributed by atoms with E-state index in [-0.39, 0.29) is 4.90 Å². The lowest BCUT2D eigenvalue weighted by molar-refractivity contribution is 0.415. The lowest BCUT2D eigenvalue weighted by Gasteiger charge is -2.08. The highest BCUT2D eigenvalue weighted by Crippen LogP contribution is 2.14. The van der Waals surface area contributed by atoms with Crippen LogP contribution in [0, 0.1) is 6.92 Å². The number of benzene rings is 2. The second-order valence-corrected chi connectivity index (χ2v) is 6.71. The summed E-state index contributed by atoms with van der Waals surface area (Å²) in [6.07, 6.45) is 0.600. The minimum atomic E-state index is -3.67. The molecule has 6 heteroatoms. The molecule has 0 atom stereocenters. The van der Waals surface area contributed by atoms with Crippen molar-refractivity contribution in [3.63, 3.8) is 0 Å². The zero-order chi connectivity index (χ0) is 16.9. The fraction of sp³-hybridized carbons (Fsp3) is 0.235. The van der Waals surface area contributed by atoms with Gasteiger partial charge >= 0.3 is 0 Å². The first-order valence-electron chi connectivity index (χ1n) is 7.25. The van der Waals surface area contributed by atoms with Crippen LogP contribution in [0.25, 0.3) is 0 Å². The summed E-state index contributed by atoms with van der Waals surface area (Å²) in [7, 11) is -2.07. The van der Waals surface area contributed by atoms with Gasteiger partial charge < -0.3 is 4.74 Å². The van der Waals surface area contributed by atoms with Crippen molar-refractivity contribution in [2.24, 2.45) is 5.10 Å². The van der Waals surface area contributed by atoms with Crippen LogP contribution in [0.3, 0.4) is 0 Å². The Balaban J connectivity index is 2.22. The number of hydrogen-bond donors (Lipinski definition) is 1. The van der Waals surface area contributed by atoms with E-state index in [1.54, 1.807) is 31.4 Å². The van der Waals surface area contributed by atoms with Crippen molar-refractivity contribution in [2.75, 3.05) is 7.11 Å². The Kier molecular flexibility index (Phi) is 5.39. The number of aryl methyl sites for hydroxylation is 1. The topological polar surface area (TPSA) is 67.8 Å². The maximum atomic E-state index is 12.3. The molecular formula is C17H20N2O3S. The van der Waals surface area contributed by atoms with Crippen LogP contribution in [0.5, 0.6) is 5.75 Å². The summed E-state index contributed by atoms with van der Waals surface area (Å²) in [4.78, 5) is 2.49. The number of hydrazone groups is 1. The molecule has 0 aliphatic heterocycles. The maximum Gasteiger partial charge on any atom is 0.276 e. The molecule has 0 radical (unpaired) electrons. The van der Waals surface area contributed by atoms with Crippen LogP contribution in [0.1, 0.15) is 24.5 Å². The number of nitrogens with zero attached hydrogens (tertiary/aromatic N) is 1. The second kappa shape index (κ2) is 7.28. The third kappa shape index (κ3) is 4.32. The predicted octanol–water partition coefficient (Wildman–Crippen LogP) is 3.10. The van der Waals surface area contributed by atoms with Gasteiger partial charge in [0.05, 0.1) is 17.7 Å². The molecule has 0 spiro atoms. The molecule has 122 valence electrons. The van der Waals surface area contributed by atoms with Gasteiger partial charge in [-0.25, -0.2) is 0 Å². The first-order valence-corrected chi connectivity index (χ1v) is 8.74. The van der Waals surface area contributed by atoms with E-state index < -0.39 is 10.0 Å². The van der Waals surface area contributed by atoms with E-state index in [0.717, 1.165) is 16.9 Å². The van der Waals surface area contributed by atoms with Gasteiger partial charge in [0, 0.05) is 0 Å². The summed E-state index contributed by atoms with van der Waals surface area (Å²) in [5.74, 6) is 0.740. The second-order valence-electron chi connectivity index (χ2n) is 5.05. The van der Waals surface area contributed by atoms with Gasteiger partial charge in [0.2, 0.25) is 0 Å². The van der Waals surface area contributed by atoms with Gasteiger partial charge in [-0.2, -0.15) is 18.4 Å².